The maximum absolute atomic E-state index is 5.32. The van der Waals surface area contributed by atoms with E-state index in [-0.39, 0.29) is 12.5 Å². The van der Waals surface area contributed by atoms with Crippen LogP contribution in [0, 0.1) is 0 Å². The molecule has 0 aromatic heterocycles. The average molecular weight is 116 g/mol. The molecule has 1 aliphatic rings. The maximum Gasteiger partial charge on any atom is 0.150 e. The van der Waals surface area contributed by atoms with Crippen molar-refractivity contribution in [2.75, 3.05) is 6.54 Å². The van der Waals surface area contributed by atoms with Crippen LogP contribution in [-0.4, -0.2) is 19.0 Å². The normalized spacial score (nSPS) is 35.2. The monoisotopic (exact) mass is 116 g/mol. The molecule has 2 unspecified atom stereocenters. The fourth-order valence-electron chi connectivity index (χ4n) is 0.575. The maximum atomic E-state index is 5.32. The molecule has 3 heteroatoms. The second-order valence-electron chi connectivity index (χ2n) is 1.98. The highest BCUT2D eigenvalue weighted by molar-refractivity contribution is 4.75. The van der Waals surface area contributed by atoms with E-state index in [1.807, 2.05) is 0 Å². The minimum atomic E-state index is -0.0402. The van der Waals surface area contributed by atoms with Crippen molar-refractivity contribution < 1.29 is 4.74 Å². The number of epoxide rings is 1. The Morgan fingerprint density at radius 1 is 1.75 bits per heavy atom. The lowest BCUT2D eigenvalue weighted by atomic mass is 10.5. The molecule has 0 radical (unpaired) electrons. The summed E-state index contributed by atoms with van der Waals surface area (Å²) < 4.78 is 4.89. The number of ether oxygens (including phenoxy) is 1. The molecule has 0 amide bonds. The average Bonchev–Trinajstić information content (AvgIpc) is 2.42. The van der Waals surface area contributed by atoms with Crippen LogP contribution in [0.1, 0.15) is 13.3 Å². The first-order valence-corrected chi connectivity index (χ1v) is 2.99. The summed E-state index contributed by atoms with van der Waals surface area (Å²) in [6, 6.07) is 0. The molecule has 0 spiro atoms. The van der Waals surface area contributed by atoms with Crippen LogP contribution >= 0.6 is 0 Å². The number of nitrogens with one attached hydrogen (secondary N) is 1. The molecule has 48 valence electrons. The van der Waals surface area contributed by atoms with Gasteiger partial charge in [-0.15, -0.1) is 0 Å². The van der Waals surface area contributed by atoms with E-state index in [1.165, 1.54) is 0 Å². The van der Waals surface area contributed by atoms with Gasteiger partial charge in [-0.05, 0) is 13.0 Å². The van der Waals surface area contributed by atoms with E-state index in [0.29, 0.717) is 0 Å². The number of hydrogen-bond acceptors (Lipinski definition) is 3. The molecule has 1 fully saturated rings. The number of nitrogens with two attached hydrogens (primary N) is 1. The third-order valence-electron chi connectivity index (χ3n) is 1.12. The van der Waals surface area contributed by atoms with Gasteiger partial charge in [0.05, 0.1) is 0 Å². The molecule has 0 aromatic carbocycles. The predicted molar refractivity (Wildman–Crippen MR) is 31.1 cm³/mol. The zero-order chi connectivity index (χ0) is 5.98. The van der Waals surface area contributed by atoms with E-state index in [4.69, 9.17) is 10.5 Å². The van der Waals surface area contributed by atoms with Crippen LogP contribution in [0.15, 0.2) is 0 Å². The molecule has 0 aliphatic carbocycles. The molecule has 0 aromatic rings. The molecule has 1 rings (SSSR count). The van der Waals surface area contributed by atoms with Crippen molar-refractivity contribution in [2.45, 2.75) is 25.8 Å². The van der Waals surface area contributed by atoms with Gasteiger partial charge in [-0.2, -0.15) is 0 Å². The molecule has 8 heavy (non-hydrogen) atoms. The zero-order valence-electron chi connectivity index (χ0n) is 5.05. The lowest BCUT2D eigenvalue weighted by molar-refractivity contribution is 0.347. The second-order valence-corrected chi connectivity index (χ2v) is 1.98. The van der Waals surface area contributed by atoms with Crippen molar-refractivity contribution in [1.82, 2.24) is 5.32 Å². The summed E-state index contributed by atoms with van der Waals surface area (Å²) in [6.07, 6.45) is 1.24. The molecule has 2 atom stereocenters. The Kier molecular flexibility index (Phi) is 1.83. The Hall–Kier alpha value is -0.120. The summed E-state index contributed by atoms with van der Waals surface area (Å²) in [5, 5.41) is 3.11. The summed E-state index contributed by atoms with van der Waals surface area (Å²) in [7, 11) is 0. The first-order chi connectivity index (χ1) is 3.84. The molecular weight excluding hydrogens is 104 g/mol. The molecular formula is C5H12N2O. The summed E-state index contributed by atoms with van der Waals surface area (Å²) >= 11 is 0. The van der Waals surface area contributed by atoms with E-state index in [1.54, 1.807) is 0 Å². The van der Waals surface area contributed by atoms with Gasteiger partial charge in [-0.25, -0.2) is 0 Å². The largest absolute Gasteiger partial charge is 0.337 e. The number of rotatable bonds is 3. The van der Waals surface area contributed by atoms with Crippen molar-refractivity contribution >= 4 is 0 Å². The van der Waals surface area contributed by atoms with Gasteiger partial charge in [0.2, 0.25) is 0 Å². The Balaban J connectivity index is 1.89. The van der Waals surface area contributed by atoms with Crippen LogP contribution < -0.4 is 11.1 Å². The molecule has 3 N–H and O–H groups in total. The van der Waals surface area contributed by atoms with Gasteiger partial charge < -0.3 is 10.5 Å². The fraction of sp³-hybridized carbons (Fsp3) is 1.00. The molecule has 1 aliphatic heterocycles. The zero-order valence-corrected chi connectivity index (χ0v) is 5.05. The van der Waals surface area contributed by atoms with Crippen molar-refractivity contribution in [3.63, 3.8) is 0 Å². The third-order valence-corrected chi connectivity index (χ3v) is 1.12. The highest BCUT2D eigenvalue weighted by Crippen LogP contribution is 2.11. The first-order valence-electron chi connectivity index (χ1n) is 2.99. The van der Waals surface area contributed by atoms with Gasteiger partial charge in [0, 0.05) is 0 Å². The summed E-state index contributed by atoms with van der Waals surface area (Å²) in [5.41, 5.74) is 5.32. The van der Waals surface area contributed by atoms with Crippen LogP contribution in [0.3, 0.4) is 0 Å². The quantitative estimate of drug-likeness (QED) is 0.494. The van der Waals surface area contributed by atoms with Crippen molar-refractivity contribution in [2.24, 2.45) is 5.73 Å². The van der Waals surface area contributed by atoms with Gasteiger partial charge >= 0.3 is 0 Å². The van der Waals surface area contributed by atoms with Gasteiger partial charge in [0.15, 0.2) is 0 Å². The molecule has 0 bridgehead atoms. The van der Waals surface area contributed by atoms with Crippen LogP contribution in [0.4, 0.5) is 0 Å². The van der Waals surface area contributed by atoms with E-state index >= 15 is 0 Å². The van der Waals surface area contributed by atoms with Crippen molar-refractivity contribution in [3.05, 3.63) is 0 Å². The second kappa shape index (κ2) is 2.44. The minimum Gasteiger partial charge on any atom is -0.337 e. The van der Waals surface area contributed by atoms with Crippen LogP contribution in [0.5, 0.6) is 0 Å². The van der Waals surface area contributed by atoms with E-state index in [9.17, 15) is 0 Å². The van der Waals surface area contributed by atoms with Gasteiger partial charge in [0.25, 0.3) is 0 Å². The smallest absolute Gasteiger partial charge is 0.150 e. The predicted octanol–water partition coefficient (Wildman–Crippen LogP) is -0.373. The van der Waals surface area contributed by atoms with Crippen LogP contribution in [0.25, 0.3) is 0 Å². The Morgan fingerprint density at radius 2 is 2.38 bits per heavy atom. The van der Waals surface area contributed by atoms with Crippen LogP contribution in [-0.2, 0) is 4.74 Å². The van der Waals surface area contributed by atoms with Crippen LogP contribution in [0.2, 0.25) is 0 Å². The Labute approximate surface area is 49.2 Å². The molecule has 3 nitrogen and oxygen atoms in total. The summed E-state index contributed by atoms with van der Waals surface area (Å²) in [5.74, 6) is 0. The molecule has 1 saturated heterocycles. The van der Waals surface area contributed by atoms with E-state index in [0.717, 1.165) is 13.0 Å². The van der Waals surface area contributed by atoms with E-state index < -0.39 is 0 Å². The van der Waals surface area contributed by atoms with Gasteiger partial charge in [-0.1, -0.05) is 6.92 Å². The van der Waals surface area contributed by atoms with Gasteiger partial charge in [0.1, 0.15) is 12.5 Å². The summed E-state index contributed by atoms with van der Waals surface area (Å²) in [6.45, 7) is 3.11. The number of hydrogen-bond donors (Lipinski definition) is 2. The lowest BCUT2D eigenvalue weighted by Crippen LogP contribution is -2.23. The highest BCUT2D eigenvalue weighted by Gasteiger charge is 2.33. The molecule has 0 saturated carbocycles. The minimum absolute atomic E-state index is 0.0402. The SMILES string of the molecule is CCCNC1OC1N. The third kappa shape index (κ3) is 1.43. The van der Waals surface area contributed by atoms with Gasteiger partial charge in [-0.3, -0.25) is 5.32 Å². The first kappa shape index (κ1) is 6.01. The summed E-state index contributed by atoms with van der Waals surface area (Å²) in [4.78, 5) is 0. The highest BCUT2D eigenvalue weighted by atomic mass is 16.6. The fourth-order valence-corrected chi connectivity index (χ4v) is 0.575. The van der Waals surface area contributed by atoms with E-state index in [2.05, 4.69) is 12.2 Å². The Morgan fingerprint density at radius 3 is 2.75 bits per heavy atom. The lowest BCUT2D eigenvalue weighted by Gasteiger charge is -1.92. The van der Waals surface area contributed by atoms with Crippen molar-refractivity contribution in [1.29, 1.82) is 0 Å². The Bertz CT molecular complexity index is 76.8. The standard InChI is InChI=1S/C5H12N2O/c1-2-3-7-5-4(6)8-5/h4-5,7H,2-3,6H2,1H3. The topological polar surface area (TPSA) is 50.6 Å². The molecule has 1 heterocycles. The van der Waals surface area contributed by atoms with Crippen molar-refractivity contribution in [3.8, 4) is 0 Å².